The summed E-state index contributed by atoms with van der Waals surface area (Å²) in [5, 5.41) is 0. The predicted molar refractivity (Wildman–Crippen MR) is 224 cm³/mol. The second-order valence-corrected chi connectivity index (χ2v) is 30.5. The molecule has 0 aliphatic heterocycles. The molecule has 0 aromatic carbocycles. The molecule has 0 amide bonds. The van der Waals surface area contributed by atoms with Crippen molar-refractivity contribution >= 4 is 0 Å². The van der Waals surface area contributed by atoms with Crippen LogP contribution in [0, 0.1) is 284 Å². The van der Waals surface area contributed by atoms with E-state index in [1.54, 1.807) is 0 Å². The Morgan fingerprint density at radius 3 is 0.276 bits per heavy atom. The third-order valence-electron chi connectivity index (χ3n) is 33.3. The highest BCUT2D eigenvalue weighted by molar-refractivity contribution is 5.40. The fraction of sp³-hybridized carbons (Fsp3) is 1.00. The zero-order valence-corrected chi connectivity index (χ0v) is 37.7. The van der Waals surface area contributed by atoms with Gasteiger partial charge in [-0.2, -0.15) is 0 Å². The van der Waals surface area contributed by atoms with Crippen LogP contribution < -0.4 is 0 Å². The van der Waals surface area contributed by atoms with E-state index in [2.05, 4.69) is 69.2 Å². The van der Waals surface area contributed by atoms with Crippen LogP contribution in [0.3, 0.4) is 0 Å². The first-order chi connectivity index (χ1) is 28.1. The summed E-state index contributed by atoms with van der Waals surface area (Å²) < 4.78 is 0. The van der Waals surface area contributed by atoms with Crippen molar-refractivity contribution in [3.05, 3.63) is 0 Å². The van der Waals surface area contributed by atoms with Gasteiger partial charge < -0.3 is 0 Å². The Morgan fingerprint density at radius 2 is 0.155 bits per heavy atom. The Hall–Kier alpha value is 0. The molecule has 45 unspecified atom stereocenters. The number of rotatable bonds is 3. The molecule has 20 fully saturated rings. The molecule has 0 bridgehead atoms. The highest BCUT2D eigenvalue weighted by Gasteiger charge is 2.94. The van der Waals surface area contributed by atoms with E-state index in [1.807, 2.05) is 0 Å². The lowest BCUT2D eigenvalue weighted by molar-refractivity contribution is -0.494. The van der Waals surface area contributed by atoms with Gasteiger partial charge in [-0.15, -0.1) is 0 Å². The van der Waals surface area contributed by atoms with E-state index >= 15 is 0 Å². The fourth-order valence-corrected chi connectivity index (χ4v) is 31.9. The molecule has 0 aromatic rings. The van der Waals surface area contributed by atoms with Gasteiger partial charge in [0.15, 0.2) is 0 Å². The molecule has 20 saturated carbocycles. The number of fused-ring (bicyclic) bond motifs is 40. The van der Waals surface area contributed by atoms with Crippen molar-refractivity contribution in [3.63, 3.8) is 0 Å². The lowest BCUT2D eigenvalue weighted by atomic mass is 9.08. The molecule has 20 rings (SSSR count). The van der Waals surface area contributed by atoms with Crippen molar-refractivity contribution in [2.45, 2.75) is 69.2 Å². The highest BCUT2D eigenvalue weighted by Crippen LogP contribution is 2.97. The Morgan fingerprint density at radius 1 is 0.0862 bits per heavy atom. The average Bonchev–Trinajstić information content (AvgIpc) is 3.16. The van der Waals surface area contributed by atoms with Crippen molar-refractivity contribution in [3.8, 4) is 0 Å². The van der Waals surface area contributed by atoms with Gasteiger partial charge in [0.2, 0.25) is 0 Å². The fourth-order valence-electron chi connectivity index (χ4n) is 31.9. The lowest BCUT2D eigenvalue weighted by Gasteiger charge is -2.96. The van der Waals surface area contributed by atoms with Gasteiger partial charge in [-0.3, -0.25) is 0 Å². The molecule has 0 heterocycles. The maximum atomic E-state index is 2.92. The first kappa shape index (κ1) is 31.8. The lowest BCUT2D eigenvalue weighted by Crippen LogP contribution is -2.93. The quantitative estimate of drug-likeness (QED) is 0.251. The van der Waals surface area contributed by atoms with Crippen molar-refractivity contribution in [2.24, 2.45) is 284 Å². The molecule has 48 atom stereocenters. The molecule has 0 radical (unpaired) electrons. The summed E-state index contributed by atoms with van der Waals surface area (Å²) in [5.41, 5.74) is 0. The van der Waals surface area contributed by atoms with Crippen LogP contribution >= 0.6 is 0 Å². The molecule has 0 heteroatoms. The molecule has 0 aromatic heterocycles. The summed E-state index contributed by atoms with van der Waals surface area (Å²) in [6.07, 6.45) is 0. The summed E-state index contributed by atoms with van der Waals surface area (Å²) in [7, 11) is 0. The van der Waals surface area contributed by atoms with Crippen LogP contribution in [0.5, 0.6) is 0 Å². The van der Waals surface area contributed by atoms with E-state index < -0.39 is 0 Å². The molecule has 0 N–H and O–H groups in total. The van der Waals surface area contributed by atoms with E-state index in [0.717, 1.165) is 71.0 Å². The summed E-state index contributed by atoms with van der Waals surface area (Å²) in [6, 6.07) is 0. The van der Waals surface area contributed by atoms with E-state index in [1.165, 1.54) is 213 Å². The minimum atomic E-state index is 1.05. The normalized spacial score (nSPS) is 89.9. The number of hydrogen-bond acceptors (Lipinski definition) is 0. The van der Waals surface area contributed by atoms with Crippen molar-refractivity contribution < 1.29 is 0 Å². The molecule has 58 heavy (non-hydrogen) atoms. The predicted octanol–water partition coefficient (Wildman–Crippen LogP) is 11.0. The molecule has 0 spiro atoms. The van der Waals surface area contributed by atoms with Gasteiger partial charge in [0.05, 0.1) is 0 Å². The largest absolute Gasteiger partial charge is 0.0620 e. The first-order valence-corrected chi connectivity index (χ1v) is 28.1. The van der Waals surface area contributed by atoms with Crippen molar-refractivity contribution in [2.75, 3.05) is 0 Å². The molecular weight excluding hydrogens is 697 g/mol. The van der Waals surface area contributed by atoms with Gasteiger partial charge in [0.1, 0.15) is 0 Å². The molecule has 0 saturated heterocycles. The molecule has 20 aliphatic carbocycles. The SMILES string of the molecule is CC1C(C)C2C1C1C2C2C1C1C(C)C(C3C4C5C6C(C)C(C)C6C5C4[C@H]3C3C4C5C(C)C(C)C5C4[C@@H]3C3C4C5C6C7C8C9C%10C(C)C(C)C%10C9C8C7C6C5C4[C@H]3C)C12. The second kappa shape index (κ2) is 8.62. The zero-order chi connectivity index (χ0) is 37.7. The second-order valence-electron chi connectivity index (χ2n) is 30.5. The summed E-state index contributed by atoms with van der Waals surface area (Å²) in [6.45, 7) is 27.4. The summed E-state index contributed by atoms with van der Waals surface area (Å²) >= 11 is 0. The van der Waals surface area contributed by atoms with Crippen LogP contribution in [-0.2, 0) is 0 Å². The van der Waals surface area contributed by atoms with Gasteiger partial charge in [-0.25, -0.2) is 0 Å². The van der Waals surface area contributed by atoms with Gasteiger partial charge in [-0.05, 0) is 284 Å². The van der Waals surface area contributed by atoms with Crippen LogP contribution in [0.4, 0.5) is 0 Å². The summed E-state index contributed by atoms with van der Waals surface area (Å²) in [4.78, 5) is 0. The van der Waals surface area contributed by atoms with Crippen molar-refractivity contribution in [1.82, 2.24) is 0 Å². The van der Waals surface area contributed by atoms with Gasteiger partial charge >= 0.3 is 0 Å². The third kappa shape index (κ3) is 2.36. The van der Waals surface area contributed by atoms with Crippen molar-refractivity contribution in [1.29, 1.82) is 0 Å². The van der Waals surface area contributed by atoms with E-state index in [0.29, 0.717) is 0 Å². The smallest absolute Gasteiger partial charge is 0.0312 e. The van der Waals surface area contributed by atoms with E-state index in [4.69, 9.17) is 0 Å². The van der Waals surface area contributed by atoms with Crippen LogP contribution in [0.1, 0.15) is 69.2 Å². The Kier molecular flexibility index (Phi) is 4.72. The number of hydrogen-bond donors (Lipinski definition) is 0. The minimum absolute atomic E-state index is 1.05. The average molecular weight is 775 g/mol. The zero-order valence-electron chi connectivity index (χ0n) is 37.7. The Bertz CT molecular complexity index is 2060. The molecule has 20 aliphatic rings. The first-order valence-electron chi connectivity index (χ1n) is 28.1. The summed E-state index contributed by atoms with van der Waals surface area (Å²) in [5.74, 6) is 56.6. The van der Waals surface area contributed by atoms with Crippen LogP contribution in [0.15, 0.2) is 0 Å². The topological polar surface area (TPSA) is 0 Å². The van der Waals surface area contributed by atoms with Crippen LogP contribution in [0.2, 0.25) is 0 Å². The van der Waals surface area contributed by atoms with Gasteiger partial charge in [-0.1, -0.05) is 69.2 Å². The maximum absolute atomic E-state index is 2.92. The highest BCUT2D eigenvalue weighted by atomic mass is 15.0. The molecule has 0 nitrogen and oxygen atoms in total. The standard InChI is InChI=1S/C58H78/c1-11-13(3)23-21(11)35-37(23)47-33-29(43(35)47)19(9)31(33)46-50-39-25-15(5)16(6)26(25)40(39)51(50)54(46)49-38-24-14(4)12(2)22(24)36(38)44(49)30-20(10)32-34(30)48-45(32)55-56(48)58-53-42-28-18(8)17(7)27(28)41(42)52(53)57(55)58/h11-58H,1-10H3/t11?,12?,13?,14?,15?,16?,17?,18?,19?,20-,21?,22?,23?,24?,25?,26?,27?,28?,29?,30?,31?,32?,33?,34?,35?,36?,37?,38?,39?,40?,41?,42?,43?,44-,45?,46?,47?,48?,49?,50?,51?,52?,53?,54+,55?,56?,57?,58?/m0/s1. The van der Waals surface area contributed by atoms with Crippen LogP contribution in [-0.4, -0.2) is 0 Å². The third-order valence-corrected chi connectivity index (χ3v) is 33.3. The van der Waals surface area contributed by atoms with Crippen LogP contribution in [0.25, 0.3) is 0 Å². The molecule has 310 valence electrons. The maximum Gasteiger partial charge on any atom is -0.0312 e. The minimum Gasteiger partial charge on any atom is -0.0620 e. The van der Waals surface area contributed by atoms with Gasteiger partial charge in [0.25, 0.3) is 0 Å². The molecular formula is C58H78. The monoisotopic (exact) mass is 775 g/mol. The van der Waals surface area contributed by atoms with Gasteiger partial charge in [0, 0.05) is 0 Å². The Balaban J connectivity index is 0.643. The van der Waals surface area contributed by atoms with E-state index in [-0.39, 0.29) is 0 Å². The Labute approximate surface area is 351 Å². The van der Waals surface area contributed by atoms with E-state index in [9.17, 15) is 0 Å².